The molecule has 0 radical (unpaired) electrons. The highest BCUT2D eigenvalue weighted by Crippen LogP contribution is 2.33. The minimum absolute atomic E-state index is 0.0171. The standard InChI is InChI=1S/C32H39NO12/c1-5-11-25(34)43-28-20(4)41-32(30(45-27(36)13-7-3)29(28)44-26(35)12-6-2)42-24-17-16-22(33(38)39)18-23(24)31(37)40-19-21-14-9-8-10-15-21/h8-10,14-18,20,28-30,32H,5-7,11-13,19H2,1-4H3/t20-,28-,29+,30+,32+/m0/s1. The smallest absolute Gasteiger partial charge is 0.342 e. The van der Waals surface area contributed by atoms with Gasteiger partial charge in [0.2, 0.25) is 12.4 Å². The number of hydrogen-bond donors (Lipinski definition) is 0. The Hall–Kier alpha value is -4.52. The van der Waals surface area contributed by atoms with Crippen molar-refractivity contribution in [1.29, 1.82) is 0 Å². The van der Waals surface area contributed by atoms with Crippen LogP contribution in [-0.4, -0.2) is 59.5 Å². The van der Waals surface area contributed by atoms with E-state index in [0.29, 0.717) is 24.8 Å². The van der Waals surface area contributed by atoms with Crippen molar-refractivity contribution in [2.45, 2.75) is 104 Å². The molecule has 13 heteroatoms. The Morgan fingerprint density at radius 1 is 0.800 bits per heavy atom. The minimum Gasteiger partial charge on any atom is -0.460 e. The number of carbonyl (C=O) groups excluding carboxylic acids is 4. The molecule has 3 rings (SSSR count). The predicted molar refractivity (Wildman–Crippen MR) is 158 cm³/mol. The van der Waals surface area contributed by atoms with E-state index in [1.54, 1.807) is 58.0 Å². The zero-order valence-corrected chi connectivity index (χ0v) is 25.8. The molecule has 1 fully saturated rings. The van der Waals surface area contributed by atoms with Crippen LogP contribution in [0.5, 0.6) is 5.75 Å². The van der Waals surface area contributed by atoms with Crippen LogP contribution >= 0.6 is 0 Å². The first-order valence-electron chi connectivity index (χ1n) is 15.0. The molecule has 5 atom stereocenters. The van der Waals surface area contributed by atoms with E-state index in [0.717, 1.165) is 12.1 Å². The van der Waals surface area contributed by atoms with Crippen LogP contribution in [0.4, 0.5) is 5.69 Å². The molecule has 2 aromatic carbocycles. The summed E-state index contributed by atoms with van der Waals surface area (Å²) in [5.74, 6) is -2.93. The number of ether oxygens (including phenoxy) is 6. The van der Waals surface area contributed by atoms with Crippen molar-refractivity contribution in [2.75, 3.05) is 0 Å². The maximum atomic E-state index is 13.2. The molecule has 0 aromatic heterocycles. The van der Waals surface area contributed by atoms with Gasteiger partial charge in [0, 0.05) is 31.4 Å². The summed E-state index contributed by atoms with van der Waals surface area (Å²) in [6.07, 6.45) is -4.76. The van der Waals surface area contributed by atoms with Crippen molar-refractivity contribution in [3.05, 3.63) is 69.8 Å². The lowest BCUT2D eigenvalue weighted by Crippen LogP contribution is -2.62. The molecule has 0 amide bonds. The van der Waals surface area contributed by atoms with Crippen LogP contribution in [0.25, 0.3) is 0 Å². The molecule has 1 aliphatic rings. The summed E-state index contributed by atoms with van der Waals surface area (Å²) < 4.78 is 34.6. The van der Waals surface area contributed by atoms with Gasteiger partial charge in [0.05, 0.1) is 11.0 Å². The quantitative estimate of drug-likeness (QED) is 0.109. The van der Waals surface area contributed by atoms with Gasteiger partial charge >= 0.3 is 23.9 Å². The van der Waals surface area contributed by atoms with E-state index >= 15 is 0 Å². The molecule has 0 N–H and O–H groups in total. The molecule has 13 nitrogen and oxygen atoms in total. The first kappa shape index (κ1) is 35.0. The molecule has 0 bridgehead atoms. The van der Waals surface area contributed by atoms with Crippen molar-refractivity contribution in [2.24, 2.45) is 0 Å². The lowest BCUT2D eigenvalue weighted by atomic mass is 9.98. The third-order valence-electron chi connectivity index (χ3n) is 6.74. The summed E-state index contributed by atoms with van der Waals surface area (Å²) in [5, 5.41) is 11.5. The third-order valence-corrected chi connectivity index (χ3v) is 6.74. The van der Waals surface area contributed by atoms with Gasteiger partial charge in [-0.2, -0.15) is 0 Å². The van der Waals surface area contributed by atoms with Crippen LogP contribution in [0, 0.1) is 10.1 Å². The Morgan fingerprint density at radius 3 is 1.91 bits per heavy atom. The molecule has 1 saturated heterocycles. The largest absolute Gasteiger partial charge is 0.460 e. The van der Waals surface area contributed by atoms with Crippen molar-refractivity contribution in [1.82, 2.24) is 0 Å². The van der Waals surface area contributed by atoms with Crippen LogP contribution in [0.1, 0.15) is 82.1 Å². The van der Waals surface area contributed by atoms with E-state index in [-0.39, 0.29) is 37.2 Å². The van der Waals surface area contributed by atoms with E-state index in [1.807, 2.05) is 0 Å². The molecule has 1 aliphatic heterocycles. The Morgan fingerprint density at radius 2 is 1.36 bits per heavy atom. The summed E-state index contributed by atoms with van der Waals surface area (Å²) in [6.45, 7) is 6.80. The molecule has 0 aliphatic carbocycles. The Kier molecular flexibility index (Phi) is 13.3. The fraction of sp³-hybridized carbons (Fsp3) is 0.500. The number of nitro benzene ring substituents is 1. The van der Waals surface area contributed by atoms with Crippen LogP contribution in [0.15, 0.2) is 48.5 Å². The van der Waals surface area contributed by atoms with Gasteiger partial charge in [-0.25, -0.2) is 4.79 Å². The van der Waals surface area contributed by atoms with E-state index in [9.17, 15) is 29.3 Å². The highest BCUT2D eigenvalue weighted by Gasteiger charge is 2.52. The summed E-state index contributed by atoms with van der Waals surface area (Å²) in [4.78, 5) is 62.1. The average molecular weight is 630 g/mol. The summed E-state index contributed by atoms with van der Waals surface area (Å²) in [5.41, 5.74) is 0.00432. The van der Waals surface area contributed by atoms with Crippen molar-refractivity contribution < 1.29 is 52.5 Å². The van der Waals surface area contributed by atoms with Crippen LogP contribution in [0.2, 0.25) is 0 Å². The van der Waals surface area contributed by atoms with Gasteiger partial charge in [0.15, 0.2) is 12.2 Å². The van der Waals surface area contributed by atoms with Crippen molar-refractivity contribution in [3.63, 3.8) is 0 Å². The number of nitrogens with zero attached hydrogens (tertiary/aromatic N) is 1. The van der Waals surface area contributed by atoms with Crippen molar-refractivity contribution >= 4 is 29.6 Å². The molecule has 2 aromatic rings. The minimum atomic E-state index is -1.48. The van der Waals surface area contributed by atoms with Crippen LogP contribution < -0.4 is 4.74 Å². The Balaban J connectivity index is 2.01. The van der Waals surface area contributed by atoms with E-state index in [4.69, 9.17) is 28.4 Å². The highest BCUT2D eigenvalue weighted by atomic mass is 16.7. The zero-order chi connectivity index (χ0) is 32.9. The summed E-state index contributed by atoms with van der Waals surface area (Å²) >= 11 is 0. The maximum absolute atomic E-state index is 13.2. The lowest BCUT2D eigenvalue weighted by Gasteiger charge is -2.43. The van der Waals surface area contributed by atoms with Gasteiger partial charge < -0.3 is 28.4 Å². The van der Waals surface area contributed by atoms with Gasteiger partial charge in [-0.3, -0.25) is 24.5 Å². The fourth-order valence-electron chi connectivity index (χ4n) is 4.55. The lowest BCUT2D eigenvalue weighted by molar-refractivity contribution is -0.384. The molecular formula is C32H39NO12. The molecule has 45 heavy (non-hydrogen) atoms. The first-order valence-corrected chi connectivity index (χ1v) is 15.0. The second kappa shape index (κ2) is 17.1. The number of rotatable bonds is 15. The summed E-state index contributed by atoms with van der Waals surface area (Å²) in [6, 6.07) is 12.1. The fourth-order valence-corrected chi connectivity index (χ4v) is 4.55. The number of non-ortho nitro benzene ring substituents is 1. The molecule has 0 spiro atoms. The number of nitro groups is 1. The molecule has 0 saturated carbocycles. The average Bonchev–Trinajstić information content (AvgIpc) is 3.00. The monoisotopic (exact) mass is 629 g/mol. The Labute approximate surface area is 261 Å². The Bertz CT molecular complexity index is 1330. The van der Waals surface area contributed by atoms with Gasteiger partial charge in [0.25, 0.3) is 5.69 Å². The molecule has 0 unspecified atom stereocenters. The topological polar surface area (TPSA) is 167 Å². The van der Waals surface area contributed by atoms with Crippen LogP contribution in [0.3, 0.4) is 0 Å². The normalized spacial score (nSPS) is 20.8. The number of benzene rings is 2. The molecule has 244 valence electrons. The number of esters is 4. The van der Waals surface area contributed by atoms with Crippen LogP contribution in [-0.2, 0) is 44.7 Å². The third kappa shape index (κ3) is 10.00. The number of hydrogen-bond acceptors (Lipinski definition) is 12. The predicted octanol–water partition coefficient (Wildman–Crippen LogP) is 5.21. The zero-order valence-electron chi connectivity index (χ0n) is 25.8. The second-order valence-electron chi connectivity index (χ2n) is 10.4. The van der Waals surface area contributed by atoms with Gasteiger partial charge in [-0.05, 0) is 37.8 Å². The highest BCUT2D eigenvalue weighted by molar-refractivity contribution is 5.93. The SMILES string of the molecule is CCCC(=O)O[C@@H]1[C@@H](OC(=O)CCC)[C@H](C)O[C@H](Oc2ccc([N+](=O)[O-])cc2C(=O)OCc2ccccc2)[C@@H]1OC(=O)CCC. The second-order valence-corrected chi connectivity index (χ2v) is 10.4. The van der Waals surface area contributed by atoms with Gasteiger partial charge in [0.1, 0.15) is 17.9 Å². The van der Waals surface area contributed by atoms with E-state index in [2.05, 4.69) is 0 Å². The van der Waals surface area contributed by atoms with Gasteiger partial charge in [-0.15, -0.1) is 0 Å². The van der Waals surface area contributed by atoms with Gasteiger partial charge in [-0.1, -0.05) is 51.1 Å². The molecule has 1 heterocycles. The molecular weight excluding hydrogens is 590 g/mol. The van der Waals surface area contributed by atoms with E-state index < -0.39 is 65.2 Å². The van der Waals surface area contributed by atoms with Crippen molar-refractivity contribution in [3.8, 4) is 5.75 Å². The summed E-state index contributed by atoms with van der Waals surface area (Å²) in [7, 11) is 0. The number of carbonyl (C=O) groups is 4. The maximum Gasteiger partial charge on any atom is 0.342 e. The first-order chi connectivity index (χ1) is 21.6. The van der Waals surface area contributed by atoms with E-state index in [1.165, 1.54) is 6.07 Å².